The normalized spacial score (nSPS) is 10.2. The van der Waals surface area contributed by atoms with Gasteiger partial charge < -0.3 is 10.6 Å². The molecular weight excluding hydrogens is 318 g/mol. The molecular formula is C15H16BrN3O. The third kappa shape index (κ3) is 3.36. The van der Waals surface area contributed by atoms with Crippen molar-refractivity contribution in [2.24, 2.45) is 0 Å². The van der Waals surface area contributed by atoms with Crippen molar-refractivity contribution >= 4 is 33.3 Å². The Labute approximate surface area is 126 Å². The van der Waals surface area contributed by atoms with Crippen LogP contribution >= 0.6 is 15.9 Å². The summed E-state index contributed by atoms with van der Waals surface area (Å²) < 4.78 is 1.02. The fourth-order valence-corrected chi connectivity index (χ4v) is 2.10. The molecule has 0 spiro atoms. The largest absolute Gasteiger partial charge is 0.373 e. The van der Waals surface area contributed by atoms with Gasteiger partial charge in [0.05, 0.1) is 0 Å². The lowest BCUT2D eigenvalue weighted by Gasteiger charge is -2.09. The molecule has 5 heteroatoms. The van der Waals surface area contributed by atoms with Gasteiger partial charge in [0.1, 0.15) is 5.82 Å². The zero-order valence-electron chi connectivity index (χ0n) is 11.6. The molecule has 1 amide bonds. The van der Waals surface area contributed by atoms with Crippen LogP contribution in [0.1, 0.15) is 21.6 Å². The van der Waals surface area contributed by atoms with Crippen LogP contribution < -0.4 is 10.6 Å². The monoisotopic (exact) mass is 333 g/mol. The van der Waals surface area contributed by atoms with Crippen LogP contribution in [0, 0.1) is 13.8 Å². The molecule has 0 aliphatic carbocycles. The van der Waals surface area contributed by atoms with E-state index in [1.165, 1.54) is 0 Å². The first-order valence-corrected chi connectivity index (χ1v) is 7.03. The number of hydrogen-bond acceptors (Lipinski definition) is 3. The first kappa shape index (κ1) is 14.5. The molecule has 20 heavy (non-hydrogen) atoms. The van der Waals surface area contributed by atoms with Crippen molar-refractivity contribution in [2.45, 2.75) is 13.8 Å². The molecule has 0 unspecified atom stereocenters. The molecule has 2 N–H and O–H groups in total. The number of aryl methyl sites for hydroxylation is 2. The topological polar surface area (TPSA) is 54.0 Å². The number of rotatable bonds is 3. The van der Waals surface area contributed by atoms with Gasteiger partial charge in [0.2, 0.25) is 0 Å². The zero-order valence-corrected chi connectivity index (χ0v) is 13.2. The summed E-state index contributed by atoms with van der Waals surface area (Å²) >= 11 is 3.44. The third-order valence-electron chi connectivity index (χ3n) is 2.89. The zero-order chi connectivity index (χ0) is 14.7. The van der Waals surface area contributed by atoms with Gasteiger partial charge in [0.25, 0.3) is 5.91 Å². The van der Waals surface area contributed by atoms with Gasteiger partial charge in [0.15, 0.2) is 0 Å². The molecule has 2 rings (SSSR count). The van der Waals surface area contributed by atoms with E-state index < -0.39 is 0 Å². The second-order valence-electron chi connectivity index (χ2n) is 4.55. The van der Waals surface area contributed by atoms with Crippen molar-refractivity contribution in [3.63, 3.8) is 0 Å². The van der Waals surface area contributed by atoms with Crippen molar-refractivity contribution in [2.75, 3.05) is 17.7 Å². The van der Waals surface area contributed by atoms with Crippen LogP contribution in [-0.4, -0.2) is 17.9 Å². The lowest BCUT2D eigenvalue weighted by molar-refractivity contribution is 0.102. The van der Waals surface area contributed by atoms with Gasteiger partial charge in [-0.05, 0) is 49.7 Å². The second-order valence-corrected chi connectivity index (χ2v) is 5.40. The van der Waals surface area contributed by atoms with E-state index in [0.29, 0.717) is 11.4 Å². The van der Waals surface area contributed by atoms with Gasteiger partial charge in [-0.2, -0.15) is 0 Å². The number of pyridine rings is 1. The molecule has 0 aliphatic heterocycles. The molecule has 2 aromatic rings. The lowest BCUT2D eigenvalue weighted by Crippen LogP contribution is -2.13. The van der Waals surface area contributed by atoms with E-state index in [9.17, 15) is 4.79 Å². The smallest absolute Gasteiger partial charge is 0.255 e. The molecule has 1 heterocycles. The van der Waals surface area contributed by atoms with Crippen molar-refractivity contribution in [3.05, 3.63) is 51.6 Å². The van der Waals surface area contributed by atoms with Gasteiger partial charge in [-0.3, -0.25) is 4.79 Å². The highest BCUT2D eigenvalue weighted by Crippen LogP contribution is 2.20. The summed E-state index contributed by atoms with van der Waals surface area (Å²) in [6.07, 6.45) is 0. The standard InChI is InChI=1S/C15H16BrN3O/c1-9-6-12(4-5-13(9)16)19-15(20)11-7-10(2)18-14(8-11)17-3/h4-8H,1-3H3,(H,17,18)(H,19,20). The number of amides is 1. The average molecular weight is 334 g/mol. The maximum absolute atomic E-state index is 12.3. The predicted octanol–water partition coefficient (Wildman–Crippen LogP) is 3.75. The Morgan fingerprint density at radius 1 is 1.20 bits per heavy atom. The molecule has 104 valence electrons. The van der Waals surface area contributed by atoms with Crippen molar-refractivity contribution in [3.8, 4) is 0 Å². The molecule has 0 saturated heterocycles. The minimum Gasteiger partial charge on any atom is -0.373 e. The molecule has 0 atom stereocenters. The number of carbonyl (C=O) groups excluding carboxylic acids is 1. The van der Waals surface area contributed by atoms with Gasteiger partial charge in [-0.1, -0.05) is 15.9 Å². The highest BCUT2D eigenvalue weighted by Gasteiger charge is 2.09. The van der Waals surface area contributed by atoms with Crippen molar-refractivity contribution < 1.29 is 4.79 Å². The Hall–Kier alpha value is -1.88. The Morgan fingerprint density at radius 2 is 1.95 bits per heavy atom. The maximum Gasteiger partial charge on any atom is 0.255 e. The predicted molar refractivity (Wildman–Crippen MR) is 85.4 cm³/mol. The van der Waals surface area contributed by atoms with E-state index in [0.717, 1.165) is 21.4 Å². The number of nitrogens with one attached hydrogen (secondary N) is 2. The number of aromatic nitrogens is 1. The second kappa shape index (κ2) is 6.05. The van der Waals surface area contributed by atoms with Crippen LogP contribution in [0.3, 0.4) is 0 Å². The SMILES string of the molecule is CNc1cc(C(=O)Nc2ccc(Br)c(C)c2)cc(C)n1. The fraction of sp³-hybridized carbons (Fsp3) is 0.200. The van der Waals surface area contributed by atoms with Crippen LogP contribution in [0.15, 0.2) is 34.8 Å². The highest BCUT2D eigenvalue weighted by atomic mass is 79.9. The number of nitrogens with zero attached hydrogens (tertiary/aromatic N) is 1. The first-order chi connectivity index (χ1) is 9.49. The van der Waals surface area contributed by atoms with Gasteiger partial charge in [0, 0.05) is 28.5 Å². The number of hydrogen-bond donors (Lipinski definition) is 2. The van der Waals surface area contributed by atoms with Crippen LogP contribution in [0.5, 0.6) is 0 Å². The number of anilines is 2. The van der Waals surface area contributed by atoms with Crippen LogP contribution in [0.4, 0.5) is 11.5 Å². The first-order valence-electron chi connectivity index (χ1n) is 6.23. The van der Waals surface area contributed by atoms with E-state index in [2.05, 4.69) is 31.5 Å². The summed E-state index contributed by atoms with van der Waals surface area (Å²) in [6, 6.07) is 9.20. The van der Waals surface area contributed by atoms with Crippen molar-refractivity contribution in [1.29, 1.82) is 0 Å². The molecule has 1 aromatic heterocycles. The Balaban J connectivity index is 2.23. The van der Waals surface area contributed by atoms with E-state index in [1.807, 2.05) is 32.0 Å². The summed E-state index contributed by atoms with van der Waals surface area (Å²) in [7, 11) is 1.78. The molecule has 0 aliphatic rings. The highest BCUT2D eigenvalue weighted by molar-refractivity contribution is 9.10. The molecule has 4 nitrogen and oxygen atoms in total. The van der Waals surface area contributed by atoms with E-state index in [1.54, 1.807) is 19.2 Å². The lowest BCUT2D eigenvalue weighted by atomic mass is 10.2. The summed E-state index contributed by atoms with van der Waals surface area (Å²) in [6.45, 7) is 3.84. The summed E-state index contributed by atoms with van der Waals surface area (Å²) in [5.41, 5.74) is 3.23. The molecule has 1 aromatic carbocycles. The molecule has 0 saturated carbocycles. The Kier molecular flexibility index (Phi) is 4.39. The van der Waals surface area contributed by atoms with Gasteiger partial charge in [-0.25, -0.2) is 4.98 Å². The molecule has 0 bridgehead atoms. The van der Waals surface area contributed by atoms with Gasteiger partial charge in [-0.15, -0.1) is 0 Å². The minimum absolute atomic E-state index is 0.145. The van der Waals surface area contributed by atoms with E-state index in [-0.39, 0.29) is 5.91 Å². The minimum atomic E-state index is -0.145. The fourth-order valence-electron chi connectivity index (χ4n) is 1.85. The van der Waals surface area contributed by atoms with E-state index in [4.69, 9.17) is 0 Å². The average Bonchev–Trinajstić information content (AvgIpc) is 2.42. The molecule has 0 radical (unpaired) electrons. The number of halogens is 1. The Bertz CT molecular complexity index is 656. The number of carbonyl (C=O) groups is 1. The maximum atomic E-state index is 12.3. The third-order valence-corrected chi connectivity index (χ3v) is 3.78. The van der Waals surface area contributed by atoms with E-state index >= 15 is 0 Å². The van der Waals surface area contributed by atoms with Gasteiger partial charge >= 0.3 is 0 Å². The summed E-state index contributed by atoms with van der Waals surface area (Å²) in [5, 5.41) is 5.84. The quantitative estimate of drug-likeness (QED) is 0.899. The van der Waals surface area contributed by atoms with Crippen molar-refractivity contribution in [1.82, 2.24) is 4.98 Å². The Morgan fingerprint density at radius 3 is 2.60 bits per heavy atom. The summed E-state index contributed by atoms with van der Waals surface area (Å²) in [5.74, 6) is 0.538. The van der Waals surface area contributed by atoms with Crippen LogP contribution in [-0.2, 0) is 0 Å². The molecule has 0 fully saturated rings. The number of benzene rings is 1. The van der Waals surface area contributed by atoms with Crippen LogP contribution in [0.25, 0.3) is 0 Å². The van der Waals surface area contributed by atoms with Crippen LogP contribution in [0.2, 0.25) is 0 Å². The summed E-state index contributed by atoms with van der Waals surface area (Å²) in [4.78, 5) is 16.5.